The average Bonchev–Trinajstić information content (AvgIpc) is 3.05. The van der Waals surface area contributed by atoms with E-state index in [0.717, 1.165) is 16.9 Å². The van der Waals surface area contributed by atoms with Crippen LogP contribution in [0.25, 0.3) is 0 Å². The molecule has 0 saturated heterocycles. The Kier molecular flexibility index (Phi) is 4.45. The first-order valence-corrected chi connectivity index (χ1v) is 7.49. The van der Waals surface area contributed by atoms with Crippen LogP contribution in [0.2, 0.25) is 0 Å². The predicted molar refractivity (Wildman–Crippen MR) is 75.6 cm³/mol. The minimum Gasteiger partial charge on any atom is -0.310 e. The lowest BCUT2D eigenvalue weighted by molar-refractivity contribution is 0.479. The van der Waals surface area contributed by atoms with Gasteiger partial charge in [0.25, 0.3) is 0 Å². The van der Waals surface area contributed by atoms with Gasteiger partial charge in [-0.3, -0.25) is 0 Å². The van der Waals surface area contributed by atoms with Crippen LogP contribution in [0.3, 0.4) is 0 Å². The van der Waals surface area contributed by atoms with Crippen molar-refractivity contribution < 1.29 is 0 Å². The molecule has 0 amide bonds. The molecule has 1 unspecified atom stereocenters. The number of rotatable bonds is 5. The highest BCUT2D eigenvalue weighted by Crippen LogP contribution is 2.43. The molecule has 1 aromatic carbocycles. The molecule has 1 saturated carbocycles. The Bertz CT molecular complexity index is 361. The quantitative estimate of drug-likeness (QED) is 0.817. The fourth-order valence-electron chi connectivity index (χ4n) is 2.01. The van der Waals surface area contributed by atoms with E-state index in [2.05, 4.69) is 62.3 Å². The van der Waals surface area contributed by atoms with Gasteiger partial charge < -0.3 is 5.32 Å². The van der Waals surface area contributed by atoms with Crippen LogP contribution in [0, 0.1) is 5.92 Å². The minimum absolute atomic E-state index is 0.530. The van der Waals surface area contributed by atoms with Crippen molar-refractivity contribution in [3.05, 3.63) is 32.7 Å². The maximum Gasteiger partial charge on any atom is 0.0359 e. The van der Waals surface area contributed by atoms with Gasteiger partial charge in [0.2, 0.25) is 0 Å². The summed E-state index contributed by atoms with van der Waals surface area (Å²) in [5, 5.41) is 3.66. The van der Waals surface area contributed by atoms with Gasteiger partial charge in [0.15, 0.2) is 0 Å². The molecule has 0 bridgehead atoms. The van der Waals surface area contributed by atoms with Crippen molar-refractivity contribution in [2.45, 2.75) is 32.2 Å². The zero-order chi connectivity index (χ0) is 11.5. The van der Waals surface area contributed by atoms with Crippen molar-refractivity contribution in [2.24, 2.45) is 5.92 Å². The Morgan fingerprint density at radius 3 is 2.69 bits per heavy atom. The molecule has 1 aromatic rings. The average molecular weight is 347 g/mol. The Labute approximate surface area is 114 Å². The molecule has 16 heavy (non-hydrogen) atoms. The van der Waals surface area contributed by atoms with Crippen LogP contribution in [0.4, 0.5) is 0 Å². The number of nitrogens with one attached hydrogen (secondary N) is 1. The zero-order valence-electron chi connectivity index (χ0n) is 9.47. The van der Waals surface area contributed by atoms with Crippen molar-refractivity contribution in [2.75, 3.05) is 6.54 Å². The van der Waals surface area contributed by atoms with E-state index in [0.29, 0.717) is 6.04 Å². The van der Waals surface area contributed by atoms with Crippen LogP contribution >= 0.6 is 31.9 Å². The highest BCUT2D eigenvalue weighted by atomic mass is 79.9. The van der Waals surface area contributed by atoms with Crippen LogP contribution in [-0.4, -0.2) is 6.54 Å². The van der Waals surface area contributed by atoms with E-state index in [1.165, 1.54) is 29.3 Å². The molecule has 1 aliphatic rings. The molecule has 3 heteroatoms. The fraction of sp³-hybridized carbons (Fsp3) is 0.538. The van der Waals surface area contributed by atoms with Gasteiger partial charge in [-0.2, -0.15) is 0 Å². The van der Waals surface area contributed by atoms with Gasteiger partial charge in [0.05, 0.1) is 0 Å². The molecule has 1 aliphatic carbocycles. The van der Waals surface area contributed by atoms with Gasteiger partial charge >= 0.3 is 0 Å². The molecule has 1 N–H and O–H groups in total. The number of hydrogen-bond acceptors (Lipinski definition) is 1. The molecule has 0 aromatic heterocycles. The Balaban J connectivity index is 2.17. The van der Waals surface area contributed by atoms with Crippen molar-refractivity contribution in [3.8, 4) is 0 Å². The summed E-state index contributed by atoms with van der Waals surface area (Å²) in [5.74, 6) is 0.837. The van der Waals surface area contributed by atoms with E-state index in [1.54, 1.807) is 0 Å². The lowest BCUT2D eigenvalue weighted by Crippen LogP contribution is -2.24. The number of halogens is 2. The highest BCUT2D eigenvalue weighted by molar-refractivity contribution is 9.11. The van der Waals surface area contributed by atoms with Crippen LogP contribution in [0.15, 0.2) is 27.1 Å². The smallest absolute Gasteiger partial charge is 0.0359 e. The molecule has 2 rings (SSSR count). The third kappa shape index (κ3) is 3.08. The van der Waals surface area contributed by atoms with Crippen LogP contribution < -0.4 is 5.32 Å². The first-order chi connectivity index (χ1) is 7.72. The maximum absolute atomic E-state index is 3.67. The maximum atomic E-state index is 3.67. The second-order valence-electron chi connectivity index (χ2n) is 4.44. The van der Waals surface area contributed by atoms with Crippen LogP contribution in [-0.2, 0) is 0 Å². The van der Waals surface area contributed by atoms with E-state index in [4.69, 9.17) is 0 Å². The molecule has 1 nitrogen and oxygen atoms in total. The summed E-state index contributed by atoms with van der Waals surface area (Å²) < 4.78 is 2.34. The standard InChI is InChI=1S/C13H17Br2N/c1-2-7-16-13(9-3-4-9)11-6-5-10(14)8-12(11)15/h5-6,8-9,13,16H,2-4,7H2,1H3. The van der Waals surface area contributed by atoms with Crippen molar-refractivity contribution in [1.82, 2.24) is 5.32 Å². The van der Waals surface area contributed by atoms with E-state index < -0.39 is 0 Å². The molecule has 88 valence electrons. The van der Waals surface area contributed by atoms with E-state index in [1.807, 2.05) is 0 Å². The van der Waals surface area contributed by atoms with Gasteiger partial charge in [-0.25, -0.2) is 0 Å². The largest absolute Gasteiger partial charge is 0.310 e. The second kappa shape index (κ2) is 5.65. The lowest BCUT2D eigenvalue weighted by atomic mass is 10.0. The second-order valence-corrected chi connectivity index (χ2v) is 6.21. The van der Waals surface area contributed by atoms with Gasteiger partial charge in [0, 0.05) is 15.0 Å². The van der Waals surface area contributed by atoms with Crippen LogP contribution in [0.1, 0.15) is 37.8 Å². The molecule has 0 spiro atoms. The van der Waals surface area contributed by atoms with Gasteiger partial charge in [-0.15, -0.1) is 0 Å². The summed E-state index contributed by atoms with van der Waals surface area (Å²) in [7, 11) is 0. The van der Waals surface area contributed by atoms with Gasteiger partial charge in [-0.05, 0) is 49.4 Å². The van der Waals surface area contributed by atoms with E-state index >= 15 is 0 Å². The molecular weight excluding hydrogens is 330 g/mol. The molecule has 0 heterocycles. The Hall–Kier alpha value is 0.140. The SMILES string of the molecule is CCCNC(c1ccc(Br)cc1Br)C1CC1. The Morgan fingerprint density at radius 1 is 1.38 bits per heavy atom. The normalized spacial score (nSPS) is 17.4. The summed E-state index contributed by atoms with van der Waals surface area (Å²) >= 11 is 7.17. The zero-order valence-corrected chi connectivity index (χ0v) is 12.6. The molecule has 0 aliphatic heterocycles. The van der Waals surface area contributed by atoms with E-state index in [-0.39, 0.29) is 0 Å². The fourth-order valence-corrected chi connectivity index (χ4v) is 3.31. The van der Waals surface area contributed by atoms with E-state index in [9.17, 15) is 0 Å². The minimum atomic E-state index is 0.530. The van der Waals surface area contributed by atoms with Crippen LogP contribution in [0.5, 0.6) is 0 Å². The number of benzene rings is 1. The highest BCUT2D eigenvalue weighted by Gasteiger charge is 2.32. The predicted octanol–water partition coefficient (Wildman–Crippen LogP) is 4.66. The summed E-state index contributed by atoms with van der Waals surface area (Å²) in [6, 6.07) is 7.02. The summed E-state index contributed by atoms with van der Waals surface area (Å²) in [6.07, 6.45) is 3.92. The van der Waals surface area contributed by atoms with Gasteiger partial charge in [0.1, 0.15) is 0 Å². The first kappa shape index (κ1) is 12.6. The van der Waals surface area contributed by atoms with Crippen molar-refractivity contribution in [3.63, 3.8) is 0 Å². The molecule has 0 radical (unpaired) electrons. The molecule has 1 atom stereocenters. The monoisotopic (exact) mass is 345 g/mol. The molecular formula is C13H17Br2N. The topological polar surface area (TPSA) is 12.0 Å². The third-order valence-electron chi connectivity index (χ3n) is 3.01. The summed E-state index contributed by atoms with van der Waals surface area (Å²) in [5.41, 5.74) is 1.40. The first-order valence-electron chi connectivity index (χ1n) is 5.90. The lowest BCUT2D eigenvalue weighted by Gasteiger charge is -2.20. The van der Waals surface area contributed by atoms with Gasteiger partial charge in [-0.1, -0.05) is 44.8 Å². The summed E-state index contributed by atoms with van der Waals surface area (Å²) in [6.45, 7) is 3.32. The Morgan fingerprint density at radius 2 is 2.12 bits per heavy atom. The number of hydrogen-bond donors (Lipinski definition) is 1. The third-order valence-corrected chi connectivity index (χ3v) is 4.19. The van der Waals surface area contributed by atoms with Crippen molar-refractivity contribution in [1.29, 1.82) is 0 Å². The summed E-state index contributed by atoms with van der Waals surface area (Å²) in [4.78, 5) is 0. The van der Waals surface area contributed by atoms with Crippen molar-refractivity contribution >= 4 is 31.9 Å². The molecule has 1 fully saturated rings.